The second-order valence-electron chi connectivity index (χ2n) is 12.4. The molecule has 0 radical (unpaired) electrons. The Labute approximate surface area is 315 Å². The highest BCUT2D eigenvalue weighted by atomic mass is 31.3. The fourth-order valence-corrected chi connectivity index (χ4v) is 8.47. The smallest absolute Gasteiger partial charge is 0.422 e. The molecule has 0 saturated carbocycles. The number of aryl methyl sites for hydroxylation is 1. The van der Waals surface area contributed by atoms with E-state index in [0.717, 1.165) is 10.8 Å². The Morgan fingerprint density at radius 1 is 1.04 bits per heavy atom. The summed E-state index contributed by atoms with van der Waals surface area (Å²) in [5.74, 6) is -0.632. The summed E-state index contributed by atoms with van der Waals surface area (Å²) in [4.78, 5) is 100. The van der Waals surface area contributed by atoms with Gasteiger partial charge in [-0.15, -0.1) is 0 Å². The van der Waals surface area contributed by atoms with Gasteiger partial charge in [-0.3, -0.25) is 28.5 Å². The van der Waals surface area contributed by atoms with Crippen LogP contribution in [0.15, 0.2) is 49.3 Å². The van der Waals surface area contributed by atoms with Gasteiger partial charge in [0.2, 0.25) is 11.8 Å². The second kappa shape index (κ2) is 18.9. The molecule has 1 saturated heterocycles. The lowest BCUT2D eigenvalue weighted by Gasteiger charge is -2.19. The number of nitrogens with zero attached hydrogens (tertiary/aromatic N) is 1. The third-order valence-electron chi connectivity index (χ3n) is 8.09. The molecule has 2 aromatic heterocycles. The number of aliphatic hydroxyl groups excluding tert-OH is 1. The van der Waals surface area contributed by atoms with Crippen molar-refractivity contribution in [3.8, 4) is 0 Å². The number of amides is 2. The third-order valence-corrected chi connectivity index (χ3v) is 11.9. The summed E-state index contributed by atoms with van der Waals surface area (Å²) in [6.07, 6.45) is 1.23. The predicted octanol–water partition coefficient (Wildman–Crippen LogP) is 0.574. The van der Waals surface area contributed by atoms with E-state index in [2.05, 4.69) is 28.8 Å². The molecule has 10 N–H and O–H groups in total. The van der Waals surface area contributed by atoms with E-state index in [-0.39, 0.29) is 48.7 Å². The molecule has 3 heterocycles. The summed E-state index contributed by atoms with van der Waals surface area (Å²) in [5.41, 5.74) is 5.05. The van der Waals surface area contributed by atoms with E-state index in [9.17, 15) is 52.6 Å². The van der Waals surface area contributed by atoms with E-state index in [1.54, 1.807) is 25.1 Å². The number of rotatable bonds is 19. The van der Waals surface area contributed by atoms with Crippen LogP contribution in [0.4, 0.5) is 5.69 Å². The first-order valence-electron chi connectivity index (χ1n) is 16.6. The number of nitrogens with two attached hydrogens (primary N) is 1. The van der Waals surface area contributed by atoms with Gasteiger partial charge >= 0.3 is 34.8 Å². The van der Waals surface area contributed by atoms with Gasteiger partial charge in [0.05, 0.1) is 30.3 Å². The van der Waals surface area contributed by atoms with Crippen LogP contribution in [-0.2, 0) is 47.6 Å². The topological polar surface area (TPSA) is 359 Å². The molecule has 1 fully saturated rings. The van der Waals surface area contributed by atoms with Gasteiger partial charge in [0.25, 0.3) is 5.56 Å². The van der Waals surface area contributed by atoms with E-state index in [4.69, 9.17) is 24.7 Å². The van der Waals surface area contributed by atoms with Crippen molar-refractivity contribution in [1.82, 2.24) is 20.2 Å². The van der Waals surface area contributed by atoms with Crippen molar-refractivity contribution >= 4 is 58.0 Å². The number of aromatic nitrogens is 2. The standard InChI is InChI=1S/C30H40N5O18P3/c1-17-20-9-8-19(31)12-23(20)51-29(40)21(17)13-26(38)33-10-4-2-3-7-25(37)32-11-5-6-18-15-35(30(41)34-28(18)39)27-14-22(36)24(50-27)16-49-55(45,46)53-56(47,48)52-54(42,43)44/h5-6,8-9,12,15,22,24,27,36H,2-4,7,10-11,13-14,16,31H2,1H3,(H,32,37)(H,33,38)(H,45,46)(H,47,48)(H,34,39,41)(H2,42,43,44)/b6-5+/t22-,24+,27+/m0/s1. The van der Waals surface area contributed by atoms with Crippen LogP contribution in [0, 0.1) is 6.92 Å². The normalized spacial score (nSPS) is 19.5. The lowest BCUT2D eigenvalue weighted by molar-refractivity contribution is -0.121. The number of anilines is 1. The Kier molecular flexibility index (Phi) is 15.1. The largest absolute Gasteiger partial charge is 0.490 e. The van der Waals surface area contributed by atoms with Crippen LogP contribution in [0.1, 0.15) is 55.0 Å². The van der Waals surface area contributed by atoms with Gasteiger partial charge in [0.15, 0.2) is 0 Å². The monoisotopic (exact) mass is 851 g/mol. The van der Waals surface area contributed by atoms with Crippen molar-refractivity contribution in [2.24, 2.45) is 0 Å². The number of phosphoric acid groups is 3. The van der Waals surface area contributed by atoms with Gasteiger partial charge in [0, 0.05) is 49.3 Å². The number of hydrogen-bond acceptors (Lipinski definition) is 15. The number of aromatic amines is 1. The SMILES string of the molecule is Cc1c(CC(=O)NCCCCCC(=O)NC/C=C/c2cn([C@H]3C[C@H](O)[C@@H](COP(=O)(O)OP(=O)(O)OP(=O)(O)O)O3)c(=O)[nH]c2=O)c(=O)oc2cc(N)ccc12. The number of nitrogen functional groups attached to an aromatic ring is 1. The Bertz CT molecular complexity index is 2280. The fourth-order valence-electron chi connectivity index (χ4n) is 5.44. The van der Waals surface area contributed by atoms with E-state index in [1.807, 2.05) is 0 Å². The lowest BCUT2D eigenvalue weighted by atomic mass is 10.0. The zero-order chi connectivity index (χ0) is 41.4. The molecule has 2 unspecified atom stereocenters. The number of fused-ring (bicyclic) bond motifs is 1. The molecule has 2 amide bonds. The van der Waals surface area contributed by atoms with Crippen LogP contribution in [-0.4, -0.2) is 77.9 Å². The van der Waals surface area contributed by atoms with Gasteiger partial charge in [-0.25, -0.2) is 23.3 Å². The zero-order valence-corrected chi connectivity index (χ0v) is 32.2. The van der Waals surface area contributed by atoms with Crippen molar-refractivity contribution < 1.29 is 70.3 Å². The van der Waals surface area contributed by atoms with Crippen LogP contribution in [0.5, 0.6) is 0 Å². The van der Waals surface area contributed by atoms with Crippen molar-refractivity contribution in [1.29, 1.82) is 0 Å². The maximum absolute atomic E-state index is 12.5. The number of carbonyl (C=O) groups is 2. The van der Waals surface area contributed by atoms with Crippen molar-refractivity contribution in [3.05, 3.63) is 78.4 Å². The summed E-state index contributed by atoms with van der Waals surface area (Å²) in [6, 6.07) is 4.95. The summed E-state index contributed by atoms with van der Waals surface area (Å²) < 4.78 is 57.7. The maximum Gasteiger partial charge on any atom is 0.490 e. The molecule has 4 rings (SSSR count). The number of aliphatic hydroxyl groups is 1. The van der Waals surface area contributed by atoms with E-state index >= 15 is 0 Å². The first kappa shape index (κ1) is 44.6. The zero-order valence-electron chi connectivity index (χ0n) is 29.5. The number of ether oxygens (including phenoxy) is 1. The average Bonchev–Trinajstić information content (AvgIpc) is 3.44. The molecule has 0 bridgehead atoms. The molecule has 1 aliphatic rings. The molecule has 1 aromatic carbocycles. The van der Waals surface area contributed by atoms with Crippen LogP contribution in [0.2, 0.25) is 0 Å². The Morgan fingerprint density at radius 3 is 2.48 bits per heavy atom. The minimum atomic E-state index is -5.77. The number of benzene rings is 1. The quantitative estimate of drug-likeness (QED) is 0.0344. The van der Waals surface area contributed by atoms with Gasteiger partial charge in [-0.05, 0) is 37.5 Å². The van der Waals surface area contributed by atoms with Gasteiger partial charge < -0.3 is 50.2 Å². The van der Waals surface area contributed by atoms with Gasteiger partial charge in [0.1, 0.15) is 17.9 Å². The van der Waals surface area contributed by atoms with E-state index in [0.29, 0.717) is 48.0 Å². The number of hydrogen-bond donors (Lipinski definition) is 9. The number of H-pyrrole nitrogens is 1. The molecule has 26 heteroatoms. The average molecular weight is 852 g/mol. The molecule has 5 atom stereocenters. The van der Waals surface area contributed by atoms with Gasteiger partial charge in [-0.1, -0.05) is 18.6 Å². The van der Waals surface area contributed by atoms with E-state index in [1.165, 1.54) is 12.2 Å². The first-order valence-corrected chi connectivity index (χ1v) is 21.1. The summed E-state index contributed by atoms with van der Waals surface area (Å²) in [5, 5.41) is 16.4. The highest BCUT2D eigenvalue weighted by Gasteiger charge is 2.43. The fraction of sp³-hybridized carbons (Fsp3) is 0.433. The number of carbonyl (C=O) groups excluding carboxylic acids is 2. The summed E-state index contributed by atoms with van der Waals surface area (Å²) in [6.45, 7) is 1.12. The van der Waals surface area contributed by atoms with Crippen molar-refractivity contribution in [3.63, 3.8) is 0 Å². The first-order chi connectivity index (χ1) is 26.1. The van der Waals surface area contributed by atoms with Crippen LogP contribution < -0.4 is 33.2 Å². The molecular weight excluding hydrogens is 811 g/mol. The molecule has 0 aliphatic carbocycles. The van der Waals surface area contributed by atoms with Crippen molar-refractivity contribution in [2.75, 3.05) is 25.4 Å². The number of unbranched alkanes of at least 4 members (excludes halogenated alkanes) is 2. The number of phosphoric ester groups is 1. The maximum atomic E-state index is 12.5. The van der Waals surface area contributed by atoms with E-state index < -0.39 is 65.4 Å². The molecule has 308 valence electrons. The molecule has 3 aromatic rings. The summed E-state index contributed by atoms with van der Waals surface area (Å²) in [7, 11) is -16.9. The molecule has 1 aliphatic heterocycles. The second-order valence-corrected chi connectivity index (χ2v) is 16.8. The minimum Gasteiger partial charge on any atom is -0.422 e. The lowest BCUT2D eigenvalue weighted by Crippen LogP contribution is -2.33. The van der Waals surface area contributed by atoms with Crippen molar-refractivity contribution in [2.45, 2.75) is 63.9 Å². The van der Waals surface area contributed by atoms with Crippen LogP contribution >= 0.6 is 23.5 Å². The molecule has 56 heavy (non-hydrogen) atoms. The third kappa shape index (κ3) is 13.3. The predicted molar refractivity (Wildman–Crippen MR) is 195 cm³/mol. The molecule has 23 nitrogen and oxygen atoms in total. The highest BCUT2D eigenvalue weighted by molar-refractivity contribution is 7.66. The highest BCUT2D eigenvalue weighted by Crippen LogP contribution is 2.66. The minimum absolute atomic E-state index is 0.0182. The number of nitrogens with one attached hydrogen (secondary N) is 3. The Hall–Kier alpha value is -4.08. The Morgan fingerprint density at radius 2 is 1.77 bits per heavy atom. The van der Waals surface area contributed by atoms with Gasteiger partial charge in [-0.2, -0.15) is 8.62 Å². The van der Waals surface area contributed by atoms with Crippen LogP contribution in [0.3, 0.4) is 0 Å². The van der Waals surface area contributed by atoms with Crippen LogP contribution in [0.25, 0.3) is 17.0 Å². The Balaban J connectivity index is 1.17. The molecular formula is C30H40N5O18P3. The summed E-state index contributed by atoms with van der Waals surface area (Å²) >= 11 is 0. The molecule has 0 spiro atoms.